The predicted octanol–water partition coefficient (Wildman–Crippen LogP) is 1.57. The van der Waals surface area contributed by atoms with Gasteiger partial charge < -0.3 is 9.73 Å². The Labute approximate surface area is 103 Å². The molecule has 0 saturated heterocycles. The molecule has 0 fully saturated rings. The van der Waals surface area contributed by atoms with Gasteiger partial charge in [-0.25, -0.2) is 0 Å². The lowest BCUT2D eigenvalue weighted by atomic mass is 10.2. The fourth-order valence-corrected chi connectivity index (χ4v) is 1.80. The minimum atomic E-state index is -0.0746. The third kappa shape index (κ3) is 3.07. The van der Waals surface area contributed by atoms with Crippen molar-refractivity contribution in [2.75, 3.05) is 12.8 Å². The number of thioether (sulfide) groups is 1. The van der Waals surface area contributed by atoms with Crippen molar-refractivity contribution in [2.24, 2.45) is 0 Å². The summed E-state index contributed by atoms with van der Waals surface area (Å²) in [5.74, 6) is 0.659. The molecule has 2 rings (SSSR count). The van der Waals surface area contributed by atoms with E-state index in [1.54, 1.807) is 7.05 Å². The molecule has 0 bridgehead atoms. The van der Waals surface area contributed by atoms with Gasteiger partial charge in [0.1, 0.15) is 0 Å². The van der Waals surface area contributed by atoms with Gasteiger partial charge >= 0.3 is 0 Å². The first-order valence-corrected chi connectivity index (χ1v) is 6.00. The SMILES string of the molecule is CNC(=O)CSc1nnc(-c2ccccc2)o1. The molecule has 1 heterocycles. The van der Waals surface area contributed by atoms with E-state index in [1.165, 1.54) is 11.8 Å². The largest absolute Gasteiger partial charge is 0.411 e. The monoisotopic (exact) mass is 249 g/mol. The number of amides is 1. The van der Waals surface area contributed by atoms with Crippen LogP contribution in [0.5, 0.6) is 0 Å². The third-order valence-electron chi connectivity index (χ3n) is 2.03. The first-order chi connectivity index (χ1) is 8.29. The lowest BCUT2D eigenvalue weighted by Gasteiger charge is -1.95. The number of hydrogen-bond acceptors (Lipinski definition) is 5. The summed E-state index contributed by atoms with van der Waals surface area (Å²) >= 11 is 1.22. The maximum absolute atomic E-state index is 11.0. The van der Waals surface area contributed by atoms with E-state index >= 15 is 0 Å². The van der Waals surface area contributed by atoms with Gasteiger partial charge in [-0.05, 0) is 12.1 Å². The van der Waals surface area contributed by atoms with Crippen molar-refractivity contribution in [3.8, 4) is 11.5 Å². The zero-order valence-corrected chi connectivity index (χ0v) is 10.0. The quantitative estimate of drug-likeness (QED) is 0.833. The van der Waals surface area contributed by atoms with Crippen LogP contribution in [0.15, 0.2) is 40.0 Å². The Morgan fingerprint density at radius 1 is 1.35 bits per heavy atom. The molecule has 1 amide bonds. The minimum absolute atomic E-state index is 0.0746. The minimum Gasteiger partial charge on any atom is -0.411 e. The number of hydrogen-bond donors (Lipinski definition) is 1. The van der Waals surface area contributed by atoms with Gasteiger partial charge in [-0.3, -0.25) is 4.79 Å². The van der Waals surface area contributed by atoms with Crippen molar-refractivity contribution < 1.29 is 9.21 Å². The van der Waals surface area contributed by atoms with E-state index in [0.717, 1.165) is 5.56 Å². The molecule has 2 aromatic rings. The van der Waals surface area contributed by atoms with Crippen LogP contribution in [0.1, 0.15) is 0 Å². The molecule has 5 nitrogen and oxygen atoms in total. The highest BCUT2D eigenvalue weighted by molar-refractivity contribution is 7.99. The molecule has 0 unspecified atom stereocenters. The Kier molecular flexibility index (Phi) is 3.77. The standard InChI is InChI=1S/C11H11N3O2S/c1-12-9(15)7-17-11-14-13-10(16-11)8-5-3-2-4-6-8/h2-6H,7H2,1H3,(H,12,15). The smallest absolute Gasteiger partial charge is 0.277 e. The van der Waals surface area contributed by atoms with Gasteiger partial charge in [-0.15, -0.1) is 10.2 Å². The Morgan fingerprint density at radius 3 is 2.82 bits per heavy atom. The highest BCUT2D eigenvalue weighted by atomic mass is 32.2. The van der Waals surface area contributed by atoms with Gasteiger partial charge in [0.25, 0.3) is 5.22 Å². The van der Waals surface area contributed by atoms with Crippen LogP contribution >= 0.6 is 11.8 Å². The van der Waals surface area contributed by atoms with Crippen LogP contribution < -0.4 is 5.32 Å². The van der Waals surface area contributed by atoms with E-state index < -0.39 is 0 Å². The summed E-state index contributed by atoms with van der Waals surface area (Å²) in [6.45, 7) is 0. The van der Waals surface area contributed by atoms with E-state index in [2.05, 4.69) is 15.5 Å². The third-order valence-corrected chi connectivity index (χ3v) is 2.85. The molecule has 0 radical (unpaired) electrons. The summed E-state index contributed by atoms with van der Waals surface area (Å²) in [5.41, 5.74) is 0.867. The normalized spacial score (nSPS) is 10.2. The molecule has 0 aliphatic rings. The number of carbonyl (C=O) groups is 1. The molecule has 0 saturated carbocycles. The van der Waals surface area contributed by atoms with Crippen LogP contribution in [0.3, 0.4) is 0 Å². The highest BCUT2D eigenvalue weighted by Crippen LogP contribution is 2.22. The van der Waals surface area contributed by atoms with Crippen LogP contribution in [0.4, 0.5) is 0 Å². The molecular formula is C11H11N3O2S. The Balaban J connectivity index is 2.04. The Morgan fingerprint density at radius 2 is 2.12 bits per heavy atom. The predicted molar refractivity (Wildman–Crippen MR) is 64.5 cm³/mol. The summed E-state index contributed by atoms with van der Waals surface area (Å²) in [4.78, 5) is 11.0. The maximum atomic E-state index is 11.0. The van der Waals surface area contributed by atoms with Crippen molar-refractivity contribution in [3.05, 3.63) is 30.3 Å². The fourth-order valence-electron chi connectivity index (χ4n) is 1.16. The molecule has 1 aromatic heterocycles. The molecule has 88 valence electrons. The molecule has 0 atom stereocenters. The van der Waals surface area contributed by atoms with Gasteiger partial charge in [0.05, 0.1) is 5.75 Å². The molecule has 17 heavy (non-hydrogen) atoms. The van der Waals surface area contributed by atoms with Crippen molar-refractivity contribution >= 4 is 17.7 Å². The molecule has 1 aromatic carbocycles. The van der Waals surface area contributed by atoms with Crippen LogP contribution in [0.25, 0.3) is 11.5 Å². The van der Waals surface area contributed by atoms with Gasteiger partial charge in [0.15, 0.2) is 0 Å². The Hall–Kier alpha value is -1.82. The number of benzene rings is 1. The zero-order chi connectivity index (χ0) is 12.1. The summed E-state index contributed by atoms with van der Waals surface area (Å²) in [6, 6.07) is 9.50. The molecule has 0 spiro atoms. The van der Waals surface area contributed by atoms with Crippen LogP contribution in [0.2, 0.25) is 0 Å². The topological polar surface area (TPSA) is 68.0 Å². The van der Waals surface area contributed by atoms with Gasteiger partial charge in [-0.2, -0.15) is 0 Å². The molecule has 0 aliphatic carbocycles. The summed E-state index contributed by atoms with van der Waals surface area (Å²) in [5, 5.41) is 10.7. The molecule has 0 aliphatic heterocycles. The summed E-state index contributed by atoms with van der Waals surface area (Å²) < 4.78 is 5.43. The number of nitrogens with zero attached hydrogens (tertiary/aromatic N) is 2. The highest BCUT2D eigenvalue weighted by Gasteiger charge is 2.09. The van der Waals surface area contributed by atoms with Crippen molar-refractivity contribution in [2.45, 2.75) is 5.22 Å². The summed E-state index contributed by atoms with van der Waals surface area (Å²) in [6.07, 6.45) is 0. The van der Waals surface area contributed by atoms with Gasteiger partial charge in [0, 0.05) is 12.6 Å². The first-order valence-electron chi connectivity index (χ1n) is 5.02. The second-order valence-corrected chi connectivity index (χ2v) is 4.13. The van der Waals surface area contributed by atoms with Crippen LogP contribution in [0, 0.1) is 0 Å². The number of rotatable bonds is 4. The molecule has 1 N–H and O–H groups in total. The average Bonchev–Trinajstić information content (AvgIpc) is 2.86. The number of aromatic nitrogens is 2. The molecular weight excluding hydrogens is 238 g/mol. The number of carbonyl (C=O) groups excluding carboxylic acids is 1. The van der Waals surface area contributed by atoms with E-state index in [1.807, 2.05) is 30.3 Å². The molecule has 6 heteroatoms. The van der Waals surface area contributed by atoms with E-state index in [0.29, 0.717) is 11.1 Å². The number of nitrogens with one attached hydrogen (secondary N) is 1. The van der Waals surface area contributed by atoms with Crippen LogP contribution in [-0.4, -0.2) is 28.9 Å². The van der Waals surface area contributed by atoms with Gasteiger partial charge in [0.2, 0.25) is 11.8 Å². The maximum Gasteiger partial charge on any atom is 0.277 e. The zero-order valence-electron chi connectivity index (χ0n) is 9.21. The first kappa shape index (κ1) is 11.7. The van der Waals surface area contributed by atoms with E-state index in [-0.39, 0.29) is 11.7 Å². The second-order valence-electron chi connectivity index (χ2n) is 3.20. The van der Waals surface area contributed by atoms with Crippen molar-refractivity contribution in [1.29, 1.82) is 0 Å². The second kappa shape index (κ2) is 5.49. The van der Waals surface area contributed by atoms with E-state index in [9.17, 15) is 4.79 Å². The van der Waals surface area contributed by atoms with E-state index in [4.69, 9.17) is 4.42 Å². The Bertz CT molecular complexity index is 498. The van der Waals surface area contributed by atoms with Crippen molar-refractivity contribution in [1.82, 2.24) is 15.5 Å². The lowest BCUT2D eigenvalue weighted by Crippen LogP contribution is -2.19. The van der Waals surface area contributed by atoms with Crippen molar-refractivity contribution in [3.63, 3.8) is 0 Å². The fraction of sp³-hybridized carbons (Fsp3) is 0.182. The van der Waals surface area contributed by atoms with Gasteiger partial charge in [-0.1, -0.05) is 30.0 Å². The summed E-state index contributed by atoms with van der Waals surface area (Å²) in [7, 11) is 1.59. The van der Waals surface area contributed by atoms with Crippen LogP contribution in [-0.2, 0) is 4.79 Å². The lowest BCUT2D eigenvalue weighted by molar-refractivity contribution is -0.118. The average molecular weight is 249 g/mol.